The maximum Gasteiger partial charge on any atom is 0.257 e. The molecule has 5 aromatic carbocycles. The monoisotopic (exact) mass is 766 g/mol. The van der Waals surface area contributed by atoms with Crippen molar-refractivity contribution in [2.24, 2.45) is 0 Å². The van der Waals surface area contributed by atoms with E-state index in [4.69, 9.17) is 0 Å². The van der Waals surface area contributed by atoms with Gasteiger partial charge in [0, 0.05) is 0 Å². The van der Waals surface area contributed by atoms with Crippen molar-refractivity contribution in [2.75, 3.05) is 0 Å². The molecular formula is C37H38N2O8S4. The van der Waals surface area contributed by atoms with E-state index in [-0.39, 0.29) is 13.0 Å². The fourth-order valence-electron chi connectivity index (χ4n) is 5.59. The molecule has 5 aromatic rings. The molecule has 10 nitrogen and oxygen atoms in total. The third-order valence-corrected chi connectivity index (χ3v) is 17.2. The molecule has 0 radical (unpaired) electrons. The molecule has 14 heteroatoms. The number of rotatable bonds is 12. The Labute approximate surface area is 301 Å². The highest BCUT2D eigenvalue weighted by Gasteiger charge is 2.51. The van der Waals surface area contributed by atoms with E-state index in [1.54, 1.807) is 33.8 Å². The minimum absolute atomic E-state index is 0.0274. The molecule has 0 aliphatic carbocycles. The predicted molar refractivity (Wildman–Crippen MR) is 196 cm³/mol. The topological polar surface area (TPSA) is 143 Å². The van der Waals surface area contributed by atoms with Gasteiger partial charge in [0.25, 0.3) is 40.1 Å². The largest absolute Gasteiger partial charge is 0.257 e. The summed E-state index contributed by atoms with van der Waals surface area (Å²) in [6.45, 7) is 8.12. The van der Waals surface area contributed by atoms with E-state index >= 15 is 0 Å². The average molecular weight is 767 g/mol. The number of nitrogens with zero attached hydrogens (tertiary/aromatic N) is 2. The third kappa shape index (κ3) is 7.57. The summed E-state index contributed by atoms with van der Waals surface area (Å²) in [6.07, 6.45) is 0. The lowest BCUT2D eigenvalue weighted by Gasteiger charge is -2.38. The molecule has 0 aromatic heterocycles. The molecule has 0 saturated carbocycles. The molecular weight excluding hydrogens is 729 g/mol. The van der Waals surface area contributed by atoms with Gasteiger partial charge in [-0.05, 0) is 88.7 Å². The Balaban J connectivity index is 1.88. The molecule has 0 aliphatic heterocycles. The molecule has 5 rings (SSSR count). The fraction of sp³-hybridized carbons (Fsp3) is 0.189. The molecule has 0 amide bonds. The van der Waals surface area contributed by atoms with Crippen LogP contribution in [0.4, 0.5) is 0 Å². The van der Waals surface area contributed by atoms with Gasteiger partial charge < -0.3 is 0 Å². The standard InChI is InChI=1S/C37H38N2O8S4/c1-27-11-19-33(20-12-27)48(40,41)38(49(42,43)34-21-13-28(2)14-22-34)31(5)37(32-9-7-6-8-10-32)39(50(44,45)35-23-15-29(3)16-24-35)51(46,47)36-25-17-30(4)18-26-36/h6-26,31,37H,1-5H3/t31-,37-/m0/s1. The second kappa shape index (κ2) is 14.4. The average Bonchev–Trinajstić information content (AvgIpc) is 3.08. The normalized spacial score (nSPS) is 14.0. The van der Waals surface area contributed by atoms with Crippen molar-refractivity contribution < 1.29 is 33.7 Å². The molecule has 0 spiro atoms. The van der Waals surface area contributed by atoms with Crippen LogP contribution in [-0.4, -0.2) is 47.1 Å². The molecule has 0 bridgehead atoms. The van der Waals surface area contributed by atoms with Crippen molar-refractivity contribution in [3.63, 3.8) is 0 Å². The summed E-state index contributed by atoms with van der Waals surface area (Å²) >= 11 is 0. The first-order valence-corrected chi connectivity index (χ1v) is 21.6. The van der Waals surface area contributed by atoms with Crippen LogP contribution in [0.5, 0.6) is 0 Å². The van der Waals surface area contributed by atoms with Crippen molar-refractivity contribution in [3.05, 3.63) is 155 Å². The molecule has 0 heterocycles. The Hall–Kier alpha value is -4.18. The molecule has 0 unspecified atom stereocenters. The fourth-order valence-corrected chi connectivity index (χ4v) is 13.7. The van der Waals surface area contributed by atoms with Gasteiger partial charge >= 0.3 is 0 Å². The number of hydrogen-bond acceptors (Lipinski definition) is 8. The van der Waals surface area contributed by atoms with Crippen molar-refractivity contribution >= 4 is 40.1 Å². The van der Waals surface area contributed by atoms with E-state index in [9.17, 15) is 33.7 Å². The number of sulfonamides is 4. The molecule has 0 N–H and O–H groups in total. The minimum atomic E-state index is -5.06. The van der Waals surface area contributed by atoms with Gasteiger partial charge in [0.1, 0.15) is 0 Å². The minimum Gasteiger partial charge on any atom is -0.206 e. The van der Waals surface area contributed by atoms with E-state index in [2.05, 4.69) is 0 Å². The van der Waals surface area contributed by atoms with Crippen LogP contribution in [0.2, 0.25) is 0 Å². The molecule has 2 atom stereocenters. The molecule has 0 saturated heterocycles. The number of benzene rings is 5. The van der Waals surface area contributed by atoms with Gasteiger partial charge in [-0.15, -0.1) is 0 Å². The Morgan fingerprint density at radius 1 is 0.373 bits per heavy atom. The molecule has 0 aliphatic rings. The lowest BCUT2D eigenvalue weighted by molar-refractivity contribution is 0.312. The lowest BCUT2D eigenvalue weighted by Crippen LogP contribution is -2.52. The molecule has 268 valence electrons. The van der Waals surface area contributed by atoms with Crippen LogP contribution < -0.4 is 0 Å². The maximum absolute atomic E-state index is 14.8. The van der Waals surface area contributed by atoms with E-state index in [1.165, 1.54) is 128 Å². The second-order valence-electron chi connectivity index (χ2n) is 12.3. The summed E-state index contributed by atoms with van der Waals surface area (Å²) in [5.41, 5.74) is 2.84. The summed E-state index contributed by atoms with van der Waals surface area (Å²) in [5.74, 6) is 0. The zero-order valence-corrected chi connectivity index (χ0v) is 31.8. The van der Waals surface area contributed by atoms with Gasteiger partial charge in [-0.25, -0.2) is 33.7 Å². The van der Waals surface area contributed by atoms with E-state index in [0.29, 0.717) is 22.3 Å². The first-order valence-electron chi connectivity index (χ1n) is 15.8. The quantitative estimate of drug-likeness (QED) is 0.140. The van der Waals surface area contributed by atoms with Gasteiger partial charge in [0.15, 0.2) is 0 Å². The first-order chi connectivity index (χ1) is 23.9. The van der Waals surface area contributed by atoms with Gasteiger partial charge in [0.05, 0.1) is 31.7 Å². The van der Waals surface area contributed by atoms with Gasteiger partial charge in [-0.3, -0.25) is 0 Å². The van der Waals surface area contributed by atoms with Gasteiger partial charge in [-0.1, -0.05) is 109 Å². The Bertz CT molecular complexity index is 2300. The van der Waals surface area contributed by atoms with Crippen molar-refractivity contribution in [1.82, 2.24) is 7.42 Å². The smallest absolute Gasteiger partial charge is 0.206 e. The third-order valence-electron chi connectivity index (χ3n) is 8.38. The summed E-state index contributed by atoms with van der Waals surface area (Å²) in [6, 6.07) is 25.7. The van der Waals surface area contributed by atoms with E-state index in [1.807, 2.05) is 0 Å². The van der Waals surface area contributed by atoms with E-state index in [0.717, 1.165) is 0 Å². The summed E-state index contributed by atoms with van der Waals surface area (Å²) in [7, 11) is -20.2. The summed E-state index contributed by atoms with van der Waals surface area (Å²) in [5, 5.41) is 0. The Kier molecular flexibility index (Phi) is 10.8. The maximum atomic E-state index is 14.8. The van der Waals surface area contributed by atoms with E-state index < -0.39 is 71.8 Å². The number of hydrogen-bond donors (Lipinski definition) is 0. The van der Waals surface area contributed by atoms with Crippen LogP contribution in [-0.2, 0) is 40.1 Å². The van der Waals surface area contributed by atoms with Crippen LogP contribution in [0.15, 0.2) is 147 Å². The predicted octanol–water partition coefficient (Wildman–Crippen LogP) is 6.51. The molecule has 0 fully saturated rings. The van der Waals surface area contributed by atoms with Crippen molar-refractivity contribution in [1.29, 1.82) is 0 Å². The lowest BCUT2D eigenvalue weighted by atomic mass is 10.0. The summed E-state index contributed by atoms with van der Waals surface area (Å²) in [4.78, 5) is -1.58. The zero-order valence-electron chi connectivity index (χ0n) is 28.6. The van der Waals surface area contributed by atoms with Gasteiger partial charge in [-0.2, -0.15) is 0 Å². The summed E-state index contributed by atoms with van der Waals surface area (Å²) < 4.78 is 118. The SMILES string of the molecule is Cc1ccc(S(=O)(=O)N([C@H](c2ccccc2)[C@H](C)N(S(=O)(=O)c2ccc(C)cc2)S(=O)(=O)c2ccc(C)cc2)S(=O)(=O)c2ccc(C)cc2)cc1. The van der Waals surface area contributed by atoms with Crippen LogP contribution in [0.3, 0.4) is 0 Å². The van der Waals surface area contributed by atoms with Crippen LogP contribution in [0.1, 0.15) is 40.8 Å². The second-order valence-corrected chi connectivity index (χ2v) is 20.0. The highest BCUT2D eigenvalue weighted by atomic mass is 32.3. The molecule has 51 heavy (non-hydrogen) atoms. The van der Waals surface area contributed by atoms with Gasteiger partial charge in [0.2, 0.25) is 0 Å². The Morgan fingerprint density at radius 2 is 0.627 bits per heavy atom. The van der Waals surface area contributed by atoms with Crippen molar-refractivity contribution in [3.8, 4) is 0 Å². The Morgan fingerprint density at radius 3 is 0.902 bits per heavy atom. The zero-order chi connectivity index (χ0) is 37.4. The van der Waals surface area contributed by atoms with Crippen LogP contribution in [0.25, 0.3) is 0 Å². The van der Waals surface area contributed by atoms with Crippen LogP contribution >= 0.6 is 0 Å². The highest BCUT2D eigenvalue weighted by molar-refractivity contribution is 8.04. The number of aryl methyl sites for hydroxylation is 4. The van der Waals surface area contributed by atoms with Crippen LogP contribution in [0, 0.1) is 27.7 Å². The highest BCUT2D eigenvalue weighted by Crippen LogP contribution is 2.41. The van der Waals surface area contributed by atoms with Crippen molar-refractivity contribution in [2.45, 2.75) is 66.3 Å². The first kappa shape index (κ1) is 38.1.